The predicted molar refractivity (Wildman–Crippen MR) is 94.8 cm³/mol. The Morgan fingerprint density at radius 3 is 2.30 bits per heavy atom. The van der Waals surface area contributed by atoms with E-state index in [1.165, 1.54) is 0 Å². The van der Waals surface area contributed by atoms with Crippen LogP contribution < -0.4 is 10.6 Å². The van der Waals surface area contributed by atoms with E-state index in [1.54, 1.807) is 0 Å². The first-order valence-electron chi connectivity index (χ1n) is 8.48. The molecule has 126 valence electrons. The Morgan fingerprint density at radius 2 is 1.78 bits per heavy atom. The van der Waals surface area contributed by atoms with E-state index in [9.17, 15) is 4.79 Å². The normalized spacial score (nSPS) is 24.9. The van der Waals surface area contributed by atoms with Crippen molar-refractivity contribution in [3.63, 3.8) is 0 Å². The van der Waals surface area contributed by atoms with Crippen LogP contribution in [0.2, 0.25) is 5.02 Å². The number of rotatable bonds is 3. The van der Waals surface area contributed by atoms with E-state index in [-0.39, 0.29) is 28.4 Å². The Balaban J connectivity index is 1.74. The standard InChI is InChI=1S/C19H27ClN2O/c1-17(2)11-15(12-18(3,4)22-17)21-16(23)19(8-9-19)13-6-5-7-14(20)10-13/h5-7,10,15,22H,8-9,11-12H2,1-4H3,(H,21,23). The van der Waals surface area contributed by atoms with Gasteiger partial charge in [0.1, 0.15) is 0 Å². The minimum absolute atomic E-state index is 0.0342. The van der Waals surface area contributed by atoms with E-state index in [0.29, 0.717) is 5.02 Å². The van der Waals surface area contributed by atoms with E-state index in [2.05, 4.69) is 38.3 Å². The molecule has 0 radical (unpaired) electrons. The number of carbonyl (C=O) groups excluding carboxylic acids is 1. The van der Waals surface area contributed by atoms with Gasteiger partial charge in [-0.05, 0) is 71.1 Å². The summed E-state index contributed by atoms with van der Waals surface area (Å²) in [5, 5.41) is 7.69. The smallest absolute Gasteiger partial charge is 0.230 e. The van der Waals surface area contributed by atoms with Crippen LogP contribution in [-0.4, -0.2) is 23.0 Å². The zero-order valence-electron chi connectivity index (χ0n) is 14.5. The van der Waals surface area contributed by atoms with E-state index in [1.807, 2.05) is 24.3 Å². The second-order valence-electron chi connectivity index (χ2n) is 8.56. The molecule has 1 heterocycles. The average molecular weight is 335 g/mol. The van der Waals surface area contributed by atoms with E-state index in [4.69, 9.17) is 11.6 Å². The SMILES string of the molecule is CC1(C)CC(NC(=O)C2(c3cccc(Cl)c3)CC2)CC(C)(C)N1. The number of nitrogens with one attached hydrogen (secondary N) is 2. The van der Waals surface area contributed by atoms with Gasteiger partial charge in [0, 0.05) is 22.1 Å². The highest BCUT2D eigenvalue weighted by Crippen LogP contribution is 2.49. The molecule has 0 bridgehead atoms. The maximum atomic E-state index is 13.0. The second kappa shape index (κ2) is 5.49. The molecular formula is C19H27ClN2O. The first kappa shape index (κ1) is 16.8. The summed E-state index contributed by atoms with van der Waals surface area (Å²) in [7, 11) is 0. The van der Waals surface area contributed by atoms with Crippen molar-refractivity contribution in [3.8, 4) is 0 Å². The van der Waals surface area contributed by atoms with Crippen LogP contribution in [0.4, 0.5) is 0 Å². The van der Waals surface area contributed by atoms with Gasteiger partial charge in [-0.25, -0.2) is 0 Å². The molecule has 0 aromatic heterocycles. The fourth-order valence-electron chi connectivity index (χ4n) is 4.31. The van der Waals surface area contributed by atoms with Crippen molar-refractivity contribution in [1.29, 1.82) is 0 Å². The van der Waals surface area contributed by atoms with Gasteiger partial charge in [-0.3, -0.25) is 4.79 Å². The van der Waals surface area contributed by atoms with Crippen molar-refractivity contribution in [2.45, 2.75) is 75.9 Å². The zero-order chi connectivity index (χ0) is 16.9. The third-order valence-electron chi connectivity index (χ3n) is 5.09. The van der Waals surface area contributed by atoms with Crippen LogP contribution in [0.25, 0.3) is 0 Å². The summed E-state index contributed by atoms with van der Waals surface area (Å²) in [5.74, 6) is 0.165. The average Bonchev–Trinajstić information content (AvgIpc) is 3.15. The lowest BCUT2D eigenvalue weighted by Gasteiger charge is -2.46. The summed E-state index contributed by atoms with van der Waals surface area (Å²) < 4.78 is 0. The van der Waals surface area contributed by atoms with Gasteiger partial charge in [-0.15, -0.1) is 0 Å². The minimum Gasteiger partial charge on any atom is -0.352 e. The molecule has 0 spiro atoms. The molecule has 1 aromatic rings. The van der Waals surface area contributed by atoms with Crippen molar-refractivity contribution in [3.05, 3.63) is 34.9 Å². The van der Waals surface area contributed by atoms with Crippen LogP contribution in [-0.2, 0) is 10.2 Å². The molecule has 1 saturated carbocycles. The first-order valence-corrected chi connectivity index (χ1v) is 8.86. The molecule has 0 unspecified atom stereocenters. The fraction of sp³-hybridized carbons (Fsp3) is 0.632. The van der Waals surface area contributed by atoms with Crippen molar-refractivity contribution in [2.75, 3.05) is 0 Å². The molecule has 3 rings (SSSR count). The third-order valence-corrected chi connectivity index (χ3v) is 5.32. The lowest BCUT2D eigenvalue weighted by molar-refractivity contribution is -0.124. The highest BCUT2D eigenvalue weighted by Gasteiger charge is 2.52. The van der Waals surface area contributed by atoms with Crippen molar-refractivity contribution < 1.29 is 4.79 Å². The van der Waals surface area contributed by atoms with Crippen molar-refractivity contribution in [1.82, 2.24) is 10.6 Å². The molecule has 3 nitrogen and oxygen atoms in total. The lowest BCUT2D eigenvalue weighted by Crippen LogP contribution is -2.62. The van der Waals surface area contributed by atoms with Crippen LogP contribution >= 0.6 is 11.6 Å². The molecule has 2 N–H and O–H groups in total. The van der Waals surface area contributed by atoms with Crippen molar-refractivity contribution >= 4 is 17.5 Å². The van der Waals surface area contributed by atoms with E-state index in [0.717, 1.165) is 31.2 Å². The maximum Gasteiger partial charge on any atom is 0.230 e. The minimum atomic E-state index is -0.357. The molecule has 1 aliphatic heterocycles. The molecule has 1 aliphatic carbocycles. The van der Waals surface area contributed by atoms with Crippen LogP contribution in [0.1, 0.15) is 58.9 Å². The molecular weight excluding hydrogens is 308 g/mol. The number of hydrogen-bond acceptors (Lipinski definition) is 2. The Hall–Kier alpha value is -1.06. The van der Waals surface area contributed by atoms with Crippen LogP contribution in [0.3, 0.4) is 0 Å². The van der Waals surface area contributed by atoms with Gasteiger partial charge in [0.2, 0.25) is 5.91 Å². The largest absolute Gasteiger partial charge is 0.352 e. The van der Waals surface area contributed by atoms with E-state index < -0.39 is 0 Å². The first-order chi connectivity index (χ1) is 10.6. The number of piperidine rings is 1. The van der Waals surface area contributed by atoms with Gasteiger partial charge in [-0.1, -0.05) is 23.7 Å². The molecule has 2 aliphatic rings. The third kappa shape index (κ3) is 3.56. The monoisotopic (exact) mass is 334 g/mol. The van der Waals surface area contributed by atoms with Crippen LogP contribution in [0, 0.1) is 0 Å². The number of halogens is 1. The predicted octanol–water partition coefficient (Wildman–Crippen LogP) is 3.80. The maximum absolute atomic E-state index is 13.0. The summed E-state index contributed by atoms with van der Waals surface area (Å²) in [5.41, 5.74) is 0.762. The Labute approximate surface area is 144 Å². The van der Waals surface area contributed by atoms with Gasteiger partial charge in [0.15, 0.2) is 0 Å². The number of hydrogen-bond donors (Lipinski definition) is 2. The second-order valence-corrected chi connectivity index (χ2v) is 9.00. The Kier molecular flexibility index (Phi) is 4.01. The highest BCUT2D eigenvalue weighted by molar-refractivity contribution is 6.30. The van der Waals surface area contributed by atoms with Gasteiger partial charge in [0.25, 0.3) is 0 Å². The quantitative estimate of drug-likeness (QED) is 0.882. The van der Waals surface area contributed by atoms with Crippen molar-refractivity contribution in [2.24, 2.45) is 0 Å². The molecule has 0 atom stereocenters. The van der Waals surface area contributed by atoms with Crippen LogP contribution in [0.15, 0.2) is 24.3 Å². The topological polar surface area (TPSA) is 41.1 Å². The van der Waals surface area contributed by atoms with Gasteiger partial charge >= 0.3 is 0 Å². The van der Waals surface area contributed by atoms with Gasteiger partial charge in [0.05, 0.1) is 5.41 Å². The number of carbonyl (C=O) groups is 1. The summed E-state index contributed by atoms with van der Waals surface area (Å²) in [6.45, 7) is 8.82. The molecule has 2 fully saturated rings. The summed E-state index contributed by atoms with van der Waals surface area (Å²) >= 11 is 6.11. The Bertz CT molecular complexity index is 604. The molecule has 1 amide bonds. The summed E-state index contributed by atoms with van der Waals surface area (Å²) in [4.78, 5) is 13.0. The zero-order valence-corrected chi connectivity index (χ0v) is 15.3. The number of benzene rings is 1. The van der Waals surface area contributed by atoms with Gasteiger partial charge in [-0.2, -0.15) is 0 Å². The highest BCUT2D eigenvalue weighted by atomic mass is 35.5. The summed E-state index contributed by atoms with van der Waals surface area (Å²) in [6, 6.07) is 7.96. The van der Waals surface area contributed by atoms with E-state index >= 15 is 0 Å². The molecule has 4 heteroatoms. The summed E-state index contributed by atoms with van der Waals surface area (Å²) in [6.07, 6.45) is 3.73. The molecule has 1 saturated heterocycles. The van der Waals surface area contributed by atoms with Gasteiger partial charge < -0.3 is 10.6 Å². The fourth-order valence-corrected chi connectivity index (χ4v) is 4.50. The number of amides is 1. The van der Waals surface area contributed by atoms with Crippen LogP contribution in [0.5, 0.6) is 0 Å². The molecule has 1 aromatic carbocycles. The lowest BCUT2D eigenvalue weighted by atomic mass is 9.79. The Morgan fingerprint density at radius 1 is 1.17 bits per heavy atom. The molecule has 23 heavy (non-hydrogen) atoms.